The van der Waals surface area contributed by atoms with Gasteiger partial charge in [0.25, 0.3) is 5.69 Å². The average Bonchev–Trinajstić information content (AvgIpc) is 3.29. The third-order valence-corrected chi connectivity index (χ3v) is 6.31. The number of methoxy groups -OCH3 is 1. The number of fused-ring (bicyclic) bond motifs is 1. The van der Waals surface area contributed by atoms with E-state index in [4.69, 9.17) is 9.72 Å². The minimum atomic E-state index is -0.398. The molecule has 2 N–H and O–H groups in total. The highest BCUT2D eigenvalue weighted by Crippen LogP contribution is 2.39. The summed E-state index contributed by atoms with van der Waals surface area (Å²) in [5, 5.41) is 25.4. The Morgan fingerprint density at radius 2 is 1.95 bits per heavy atom. The van der Waals surface area contributed by atoms with Gasteiger partial charge in [0.1, 0.15) is 11.4 Å². The number of nitrogens with one attached hydrogen (secondary N) is 1. The van der Waals surface area contributed by atoms with Crippen LogP contribution in [0.2, 0.25) is 0 Å². The topological polar surface area (TPSA) is 122 Å². The van der Waals surface area contributed by atoms with Crippen LogP contribution in [0.25, 0.3) is 22.2 Å². The molecule has 200 valence electrons. The minimum Gasteiger partial charge on any atom is -0.494 e. The summed E-state index contributed by atoms with van der Waals surface area (Å²) in [6.07, 6.45) is 4.32. The van der Waals surface area contributed by atoms with Crippen LogP contribution >= 0.6 is 0 Å². The zero-order valence-electron chi connectivity index (χ0n) is 22.1. The molecule has 0 unspecified atom stereocenters. The van der Waals surface area contributed by atoms with E-state index in [1.54, 1.807) is 12.3 Å². The number of ether oxygens (including phenoxy) is 1. The number of aliphatic hydroxyl groups excluding tert-OH is 1. The van der Waals surface area contributed by atoms with E-state index in [1.807, 2.05) is 67.5 Å². The van der Waals surface area contributed by atoms with Crippen LogP contribution in [0.5, 0.6) is 5.75 Å². The maximum absolute atomic E-state index is 12.0. The molecule has 11 heteroatoms. The number of likely N-dealkylation sites (N-methyl/N-ethyl adjacent to an activating group) is 2. The Morgan fingerprint density at radius 1 is 1.16 bits per heavy atom. The van der Waals surface area contributed by atoms with Crippen LogP contribution in [-0.4, -0.2) is 77.4 Å². The lowest BCUT2D eigenvalue weighted by Crippen LogP contribution is -2.28. The molecule has 0 spiro atoms. The van der Waals surface area contributed by atoms with Gasteiger partial charge in [0.05, 0.1) is 23.4 Å². The molecule has 0 aliphatic heterocycles. The second kappa shape index (κ2) is 11.9. The molecule has 38 heavy (non-hydrogen) atoms. The van der Waals surface area contributed by atoms with E-state index in [9.17, 15) is 15.2 Å². The van der Waals surface area contributed by atoms with Gasteiger partial charge in [-0.15, -0.1) is 0 Å². The van der Waals surface area contributed by atoms with Gasteiger partial charge in [0.15, 0.2) is 0 Å². The molecule has 0 saturated heterocycles. The van der Waals surface area contributed by atoms with Crippen molar-refractivity contribution in [1.82, 2.24) is 19.4 Å². The molecule has 0 radical (unpaired) electrons. The maximum atomic E-state index is 12.0. The lowest BCUT2D eigenvalue weighted by atomic mass is 10.1. The fourth-order valence-electron chi connectivity index (χ4n) is 4.31. The third-order valence-electron chi connectivity index (χ3n) is 6.31. The predicted molar refractivity (Wildman–Crippen MR) is 149 cm³/mol. The molecule has 0 amide bonds. The number of hydrogen-bond acceptors (Lipinski definition) is 9. The number of nitro benzene ring substituents is 1. The van der Waals surface area contributed by atoms with Crippen molar-refractivity contribution in [1.29, 1.82) is 0 Å². The number of anilines is 3. The average molecular weight is 520 g/mol. The first-order valence-corrected chi connectivity index (χ1v) is 12.3. The molecule has 0 aliphatic carbocycles. The largest absolute Gasteiger partial charge is 0.494 e. The van der Waals surface area contributed by atoms with E-state index in [0.717, 1.165) is 23.0 Å². The van der Waals surface area contributed by atoms with Crippen molar-refractivity contribution in [2.75, 3.05) is 58.2 Å². The highest BCUT2D eigenvalue weighted by atomic mass is 16.6. The number of rotatable bonds is 12. The molecule has 0 atom stereocenters. The molecule has 11 nitrogen and oxygen atoms in total. The number of aryl methyl sites for hydroxylation is 1. The van der Waals surface area contributed by atoms with E-state index in [1.165, 1.54) is 13.2 Å². The Labute approximate surface area is 221 Å². The molecule has 4 rings (SSSR count). The summed E-state index contributed by atoms with van der Waals surface area (Å²) in [6.45, 7) is 2.15. The van der Waals surface area contributed by atoms with Crippen molar-refractivity contribution < 1.29 is 14.8 Å². The SMILES string of the molecule is COc1cc(N(C)CCN(C)C)c([N+](=O)[O-])cc1Nc1nccc(-c2cn(CCCO)c3ccccc23)n1. The lowest BCUT2D eigenvalue weighted by molar-refractivity contribution is -0.384. The monoisotopic (exact) mass is 519 g/mol. The predicted octanol–water partition coefficient (Wildman–Crippen LogP) is 4.14. The zero-order chi connectivity index (χ0) is 27.2. The van der Waals surface area contributed by atoms with Gasteiger partial charge in [-0.25, -0.2) is 9.97 Å². The van der Waals surface area contributed by atoms with Crippen molar-refractivity contribution >= 4 is 33.9 Å². The van der Waals surface area contributed by atoms with Crippen LogP contribution < -0.4 is 15.0 Å². The summed E-state index contributed by atoms with van der Waals surface area (Å²) in [5.74, 6) is 0.730. The van der Waals surface area contributed by atoms with E-state index in [2.05, 4.69) is 14.9 Å². The Morgan fingerprint density at radius 3 is 2.66 bits per heavy atom. The van der Waals surface area contributed by atoms with E-state index in [-0.39, 0.29) is 18.2 Å². The van der Waals surface area contributed by atoms with Gasteiger partial charge in [0, 0.05) is 74.3 Å². The molecular formula is C27H33N7O4. The molecular weight excluding hydrogens is 486 g/mol. The third kappa shape index (κ3) is 5.84. The number of para-hydroxylation sites is 1. The summed E-state index contributed by atoms with van der Waals surface area (Å²) in [6, 6.07) is 13.0. The Hall–Kier alpha value is -4.22. The summed E-state index contributed by atoms with van der Waals surface area (Å²) in [7, 11) is 7.25. The smallest absolute Gasteiger partial charge is 0.294 e. The normalized spacial score (nSPS) is 11.2. The van der Waals surface area contributed by atoms with Crippen molar-refractivity contribution in [2.45, 2.75) is 13.0 Å². The summed E-state index contributed by atoms with van der Waals surface area (Å²) >= 11 is 0. The van der Waals surface area contributed by atoms with E-state index < -0.39 is 4.92 Å². The first-order valence-electron chi connectivity index (χ1n) is 12.3. The van der Waals surface area contributed by atoms with Crippen LogP contribution in [0.15, 0.2) is 54.9 Å². The van der Waals surface area contributed by atoms with Gasteiger partial charge in [0.2, 0.25) is 5.95 Å². The second-order valence-corrected chi connectivity index (χ2v) is 9.24. The Bertz CT molecular complexity index is 1420. The first-order chi connectivity index (χ1) is 18.3. The molecule has 2 heterocycles. The molecule has 0 aliphatic rings. The van der Waals surface area contributed by atoms with Crippen molar-refractivity contribution in [3.05, 3.63) is 65.0 Å². The van der Waals surface area contributed by atoms with Crippen molar-refractivity contribution in [2.24, 2.45) is 0 Å². The Kier molecular flexibility index (Phi) is 8.39. The number of aromatic nitrogens is 3. The summed E-state index contributed by atoms with van der Waals surface area (Å²) in [4.78, 5) is 24.5. The number of aliphatic hydroxyl groups is 1. The van der Waals surface area contributed by atoms with Crippen molar-refractivity contribution in [3.63, 3.8) is 0 Å². The van der Waals surface area contributed by atoms with Crippen LogP contribution in [-0.2, 0) is 6.54 Å². The highest BCUT2D eigenvalue weighted by Gasteiger charge is 2.22. The first kappa shape index (κ1) is 26.8. The highest BCUT2D eigenvalue weighted by molar-refractivity contribution is 5.95. The number of hydrogen-bond donors (Lipinski definition) is 2. The standard InChI is InChI=1S/C27H33N7O4/c1-31(2)13-14-32(3)24-17-26(38-4)22(16-25(24)34(36)37)30-27-28-11-10-21(29-27)20-18-33(12-7-15-35)23-9-6-5-8-19(20)23/h5-6,8-11,16-18,35H,7,12-15H2,1-4H3,(H,28,29,30). The second-order valence-electron chi connectivity index (χ2n) is 9.24. The maximum Gasteiger partial charge on any atom is 0.294 e. The molecule has 0 fully saturated rings. The molecule has 2 aromatic carbocycles. The molecule has 2 aromatic heterocycles. The fraction of sp³-hybridized carbons (Fsp3) is 0.333. The number of nitrogens with zero attached hydrogens (tertiary/aromatic N) is 6. The van der Waals surface area contributed by atoms with Crippen LogP contribution in [0.3, 0.4) is 0 Å². The fourth-order valence-corrected chi connectivity index (χ4v) is 4.31. The minimum absolute atomic E-state index is 0.0438. The molecule has 4 aromatic rings. The Balaban J connectivity index is 1.69. The van der Waals surface area contributed by atoms with Gasteiger partial charge in [-0.3, -0.25) is 10.1 Å². The zero-order valence-corrected chi connectivity index (χ0v) is 22.1. The quantitative estimate of drug-likeness (QED) is 0.210. The molecule has 0 bridgehead atoms. The van der Waals surface area contributed by atoms with Crippen LogP contribution in [0, 0.1) is 10.1 Å². The summed E-state index contributed by atoms with van der Waals surface area (Å²) in [5.41, 5.74) is 3.50. The van der Waals surface area contributed by atoms with Crippen LogP contribution in [0.1, 0.15) is 6.42 Å². The number of benzene rings is 2. The van der Waals surface area contributed by atoms with Gasteiger partial charge >= 0.3 is 0 Å². The van der Waals surface area contributed by atoms with Gasteiger partial charge in [-0.2, -0.15) is 0 Å². The van der Waals surface area contributed by atoms with Crippen LogP contribution in [0.4, 0.5) is 23.0 Å². The number of nitro groups is 1. The summed E-state index contributed by atoms with van der Waals surface area (Å²) < 4.78 is 7.69. The lowest BCUT2D eigenvalue weighted by Gasteiger charge is -2.22. The van der Waals surface area contributed by atoms with Crippen molar-refractivity contribution in [3.8, 4) is 17.0 Å². The van der Waals surface area contributed by atoms with Gasteiger partial charge in [-0.1, -0.05) is 18.2 Å². The van der Waals surface area contributed by atoms with Gasteiger partial charge < -0.3 is 29.5 Å². The molecule has 0 saturated carbocycles. The van der Waals surface area contributed by atoms with E-state index >= 15 is 0 Å². The van der Waals surface area contributed by atoms with E-state index in [0.29, 0.717) is 42.3 Å². The van der Waals surface area contributed by atoms with Gasteiger partial charge in [-0.05, 0) is 32.6 Å².